The minimum absolute atomic E-state index is 0.0610. The van der Waals surface area contributed by atoms with Crippen molar-refractivity contribution in [3.8, 4) is 0 Å². The maximum atomic E-state index is 11.8. The fraction of sp³-hybridized carbons (Fsp3) is 1.00. The molecule has 0 aromatic carbocycles. The van der Waals surface area contributed by atoms with Gasteiger partial charge in [-0.2, -0.15) is 0 Å². The van der Waals surface area contributed by atoms with E-state index in [2.05, 4.69) is 17.0 Å². The lowest BCUT2D eigenvalue weighted by Gasteiger charge is -2.30. The van der Waals surface area contributed by atoms with E-state index in [9.17, 15) is 8.42 Å². The molecule has 0 aliphatic carbocycles. The van der Waals surface area contributed by atoms with Crippen molar-refractivity contribution in [3.05, 3.63) is 0 Å². The molecule has 1 fully saturated rings. The minimum atomic E-state index is -3.10. The van der Waals surface area contributed by atoms with Gasteiger partial charge in [0.25, 0.3) is 0 Å². The summed E-state index contributed by atoms with van der Waals surface area (Å²) in [5.74, 6) is 1.10. The van der Waals surface area contributed by atoms with Crippen LogP contribution in [0.5, 0.6) is 0 Å². The fourth-order valence-corrected chi connectivity index (χ4v) is 3.50. The van der Waals surface area contributed by atoms with E-state index in [4.69, 9.17) is 0 Å². The normalized spacial score (nSPS) is 27.2. The van der Waals surface area contributed by atoms with E-state index in [1.54, 1.807) is 0 Å². The molecule has 0 bridgehead atoms. The molecule has 5 heteroatoms. The van der Waals surface area contributed by atoms with Crippen LogP contribution < -0.4 is 10.0 Å². The van der Waals surface area contributed by atoms with Crippen LogP contribution in [0.15, 0.2) is 0 Å². The first-order chi connectivity index (χ1) is 7.41. The lowest BCUT2D eigenvalue weighted by Crippen LogP contribution is -2.50. The number of piperidine rings is 1. The molecule has 1 rings (SSSR count). The van der Waals surface area contributed by atoms with Crippen LogP contribution in [0.2, 0.25) is 0 Å². The summed E-state index contributed by atoms with van der Waals surface area (Å²) in [5.41, 5.74) is 0. The largest absolute Gasteiger partial charge is 0.315 e. The summed E-state index contributed by atoms with van der Waals surface area (Å²) in [6, 6.07) is 0.0610. The first-order valence-corrected chi connectivity index (χ1v) is 7.76. The van der Waals surface area contributed by atoms with Gasteiger partial charge in [0.1, 0.15) is 0 Å². The summed E-state index contributed by atoms with van der Waals surface area (Å²) in [6.45, 7) is 7.94. The van der Waals surface area contributed by atoms with Gasteiger partial charge in [0.2, 0.25) is 10.0 Å². The molecule has 2 atom stereocenters. The molecule has 1 aliphatic heterocycles. The second-order valence-corrected chi connectivity index (χ2v) is 7.07. The molecular formula is C11H24N2O2S. The highest BCUT2D eigenvalue weighted by Gasteiger charge is 2.25. The fourth-order valence-electron chi connectivity index (χ4n) is 1.83. The van der Waals surface area contributed by atoms with Gasteiger partial charge in [0, 0.05) is 12.6 Å². The smallest absolute Gasteiger partial charge is 0.211 e. The first kappa shape index (κ1) is 13.9. The summed E-state index contributed by atoms with van der Waals surface area (Å²) in [6.07, 6.45) is 1.77. The van der Waals surface area contributed by atoms with Gasteiger partial charge in [-0.1, -0.05) is 20.8 Å². The van der Waals surface area contributed by atoms with Crippen LogP contribution in [0.1, 0.15) is 33.6 Å². The summed E-state index contributed by atoms with van der Waals surface area (Å²) in [4.78, 5) is 0. The Morgan fingerprint density at radius 2 is 2.12 bits per heavy atom. The maximum absolute atomic E-state index is 11.8. The predicted molar refractivity (Wildman–Crippen MR) is 66.8 cm³/mol. The molecule has 0 aromatic rings. The number of nitrogens with one attached hydrogen (secondary N) is 2. The van der Waals surface area contributed by atoms with Crippen LogP contribution in [-0.2, 0) is 10.0 Å². The van der Waals surface area contributed by atoms with E-state index >= 15 is 0 Å². The van der Waals surface area contributed by atoms with Gasteiger partial charge in [-0.15, -0.1) is 0 Å². The Morgan fingerprint density at radius 1 is 1.44 bits per heavy atom. The van der Waals surface area contributed by atoms with Gasteiger partial charge in [0.05, 0.1) is 5.75 Å². The Morgan fingerprint density at radius 3 is 2.69 bits per heavy atom. The molecule has 0 spiro atoms. The molecule has 16 heavy (non-hydrogen) atoms. The molecule has 1 aliphatic rings. The third-order valence-corrected chi connectivity index (χ3v) is 4.56. The van der Waals surface area contributed by atoms with Gasteiger partial charge in [-0.3, -0.25) is 0 Å². The Labute approximate surface area is 99.2 Å². The molecule has 2 N–H and O–H groups in total. The van der Waals surface area contributed by atoms with Crippen LogP contribution in [-0.4, -0.2) is 33.3 Å². The van der Waals surface area contributed by atoms with Gasteiger partial charge in [-0.25, -0.2) is 13.1 Å². The highest BCUT2D eigenvalue weighted by molar-refractivity contribution is 7.89. The second kappa shape index (κ2) is 5.98. The van der Waals surface area contributed by atoms with Crippen molar-refractivity contribution in [2.24, 2.45) is 11.8 Å². The lowest BCUT2D eigenvalue weighted by atomic mass is 9.96. The predicted octanol–water partition coefficient (Wildman–Crippen LogP) is 0.950. The van der Waals surface area contributed by atoms with Crippen LogP contribution >= 0.6 is 0 Å². The average Bonchev–Trinajstić information content (AvgIpc) is 2.19. The Bertz CT molecular complexity index is 301. The maximum Gasteiger partial charge on any atom is 0.211 e. The number of hydrogen-bond acceptors (Lipinski definition) is 3. The van der Waals surface area contributed by atoms with Crippen molar-refractivity contribution in [3.63, 3.8) is 0 Å². The van der Waals surface area contributed by atoms with E-state index in [0.29, 0.717) is 11.8 Å². The quantitative estimate of drug-likeness (QED) is 0.761. The number of sulfonamides is 1. The zero-order chi connectivity index (χ0) is 12.2. The molecule has 4 nitrogen and oxygen atoms in total. The van der Waals surface area contributed by atoms with Crippen molar-refractivity contribution in [1.82, 2.24) is 10.0 Å². The van der Waals surface area contributed by atoms with Crippen molar-refractivity contribution in [1.29, 1.82) is 0 Å². The van der Waals surface area contributed by atoms with Gasteiger partial charge in [-0.05, 0) is 31.2 Å². The molecule has 2 unspecified atom stereocenters. The Balaban J connectivity index is 2.44. The number of rotatable bonds is 5. The van der Waals surface area contributed by atoms with E-state index in [1.807, 2.05) is 13.8 Å². The van der Waals surface area contributed by atoms with Crippen molar-refractivity contribution in [2.75, 3.05) is 18.8 Å². The zero-order valence-electron chi connectivity index (χ0n) is 10.5. The van der Waals surface area contributed by atoms with Crippen molar-refractivity contribution >= 4 is 10.0 Å². The molecule has 0 aromatic heterocycles. The monoisotopic (exact) mass is 248 g/mol. The van der Waals surface area contributed by atoms with Gasteiger partial charge >= 0.3 is 0 Å². The average molecular weight is 248 g/mol. The van der Waals surface area contributed by atoms with Crippen LogP contribution in [0.25, 0.3) is 0 Å². The topological polar surface area (TPSA) is 58.2 Å². The van der Waals surface area contributed by atoms with E-state index in [0.717, 1.165) is 25.9 Å². The van der Waals surface area contributed by atoms with E-state index in [-0.39, 0.29) is 11.8 Å². The molecule has 0 radical (unpaired) electrons. The Hall–Kier alpha value is -0.130. The summed E-state index contributed by atoms with van der Waals surface area (Å²) < 4.78 is 26.4. The van der Waals surface area contributed by atoms with Crippen LogP contribution in [0.4, 0.5) is 0 Å². The SMILES string of the molecule is CC(C)CCS(=O)(=O)NC1CNCCC1C. The molecular weight excluding hydrogens is 224 g/mol. The third kappa shape index (κ3) is 4.80. The molecule has 0 saturated carbocycles. The zero-order valence-corrected chi connectivity index (χ0v) is 11.3. The highest BCUT2D eigenvalue weighted by atomic mass is 32.2. The summed E-state index contributed by atoms with van der Waals surface area (Å²) in [7, 11) is -3.10. The van der Waals surface area contributed by atoms with Crippen molar-refractivity contribution in [2.45, 2.75) is 39.7 Å². The summed E-state index contributed by atoms with van der Waals surface area (Å²) in [5, 5.41) is 3.23. The van der Waals surface area contributed by atoms with Gasteiger partial charge in [0.15, 0.2) is 0 Å². The lowest BCUT2D eigenvalue weighted by molar-refractivity contribution is 0.327. The van der Waals surface area contributed by atoms with Crippen LogP contribution in [0, 0.1) is 11.8 Å². The van der Waals surface area contributed by atoms with Crippen LogP contribution in [0.3, 0.4) is 0 Å². The minimum Gasteiger partial charge on any atom is -0.315 e. The molecule has 1 heterocycles. The molecule has 1 saturated heterocycles. The van der Waals surface area contributed by atoms with Crippen molar-refractivity contribution < 1.29 is 8.42 Å². The molecule has 96 valence electrons. The third-order valence-electron chi connectivity index (χ3n) is 3.12. The second-order valence-electron chi connectivity index (χ2n) is 5.20. The number of hydrogen-bond donors (Lipinski definition) is 2. The molecule has 0 amide bonds. The van der Waals surface area contributed by atoms with E-state index in [1.165, 1.54) is 0 Å². The van der Waals surface area contributed by atoms with Gasteiger partial charge < -0.3 is 5.32 Å². The summed E-state index contributed by atoms with van der Waals surface area (Å²) >= 11 is 0. The first-order valence-electron chi connectivity index (χ1n) is 6.11. The highest BCUT2D eigenvalue weighted by Crippen LogP contribution is 2.13. The van der Waals surface area contributed by atoms with E-state index < -0.39 is 10.0 Å². The Kier molecular flexibility index (Phi) is 5.21. The standard InChI is InChI=1S/C11H24N2O2S/c1-9(2)5-7-16(14,15)13-11-8-12-6-4-10(11)3/h9-13H,4-8H2,1-3H3.